The first-order chi connectivity index (χ1) is 7.71. The maximum atomic E-state index is 12.0. The van der Waals surface area contributed by atoms with E-state index in [9.17, 15) is 4.79 Å². The van der Waals surface area contributed by atoms with Crippen molar-refractivity contribution in [2.75, 3.05) is 4.90 Å². The van der Waals surface area contributed by atoms with E-state index in [2.05, 4.69) is 20.9 Å². The highest BCUT2D eigenvalue weighted by molar-refractivity contribution is 9.10. The molecule has 0 N–H and O–H groups in total. The minimum Gasteiger partial charge on any atom is -0.291 e. The van der Waals surface area contributed by atoms with Gasteiger partial charge in [0.2, 0.25) is 5.91 Å². The number of carbonyl (C=O) groups excluding carboxylic acids is 1. The lowest BCUT2D eigenvalue weighted by atomic mass is 9.99. The number of piperidine rings is 1. The molecule has 1 aromatic rings. The Bertz CT molecular complexity index is 425. The highest BCUT2D eigenvalue weighted by atomic mass is 79.9. The average molecular weight is 281 g/mol. The first-order valence-corrected chi connectivity index (χ1v) is 6.45. The smallest absolute Gasteiger partial charge is 0.228 e. The molecule has 1 aromatic heterocycles. The molecule has 0 aromatic carbocycles. The van der Waals surface area contributed by atoms with E-state index in [-0.39, 0.29) is 11.4 Å². The lowest BCUT2D eigenvalue weighted by Crippen LogP contribution is -2.46. The van der Waals surface area contributed by atoms with Gasteiger partial charge in [0.15, 0.2) is 0 Å². The summed E-state index contributed by atoms with van der Waals surface area (Å²) in [6.45, 7) is 0. The van der Waals surface area contributed by atoms with Crippen molar-refractivity contribution in [1.29, 1.82) is 0 Å². The Morgan fingerprint density at radius 2 is 2.12 bits per heavy atom. The molecule has 1 spiro atoms. The number of aromatic nitrogens is 1. The van der Waals surface area contributed by atoms with Crippen LogP contribution in [0.2, 0.25) is 0 Å². The third-order valence-electron chi connectivity index (χ3n) is 3.52. The largest absolute Gasteiger partial charge is 0.291 e. The van der Waals surface area contributed by atoms with Gasteiger partial charge in [0, 0.05) is 22.6 Å². The van der Waals surface area contributed by atoms with Crippen molar-refractivity contribution in [2.45, 2.75) is 37.6 Å². The summed E-state index contributed by atoms with van der Waals surface area (Å²) in [4.78, 5) is 18.3. The van der Waals surface area contributed by atoms with Gasteiger partial charge in [-0.2, -0.15) is 0 Å². The topological polar surface area (TPSA) is 33.2 Å². The number of nitrogens with zero attached hydrogens (tertiary/aromatic N) is 2. The van der Waals surface area contributed by atoms with Crippen LogP contribution < -0.4 is 4.90 Å². The van der Waals surface area contributed by atoms with Crippen LogP contribution in [0.4, 0.5) is 5.82 Å². The zero-order chi connectivity index (χ0) is 11.2. The second kappa shape index (κ2) is 3.55. The first kappa shape index (κ1) is 10.3. The number of anilines is 1. The third-order valence-corrected chi connectivity index (χ3v) is 3.99. The zero-order valence-corrected chi connectivity index (χ0v) is 10.5. The Hall–Kier alpha value is -0.900. The molecule has 1 aliphatic carbocycles. The lowest BCUT2D eigenvalue weighted by molar-refractivity contribution is -0.120. The molecular formula is C12H13BrN2O. The predicted octanol–water partition coefficient (Wildman–Crippen LogP) is 2.89. The standard InChI is InChI=1S/C12H13BrN2O/c13-9-3-4-10(14-8-9)15-11(16)2-1-5-12(15)6-7-12/h3-4,8H,1-2,5-7H2. The number of carbonyl (C=O) groups is 1. The highest BCUT2D eigenvalue weighted by Crippen LogP contribution is 2.50. The van der Waals surface area contributed by atoms with Gasteiger partial charge in [0.1, 0.15) is 5.82 Å². The van der Waals surface area contributed by atoms with E-state index in [0.29, 0.717) is 6.42 Å². The summed E-state index contributed by atoms with van der Waals surface area (Å²) in [5.41, 5.74) is 0.121. The maximum absolute atomic E-state index is 12.0. The molecule has 0 unspecified atom stereocenters. The Kier molecular flexibility index (Phi) is 2.28. The highest BCUT2D eigenvalue weighted by Gasteiger charge is 2.52. The van der Waals surface area contributed by atoms with Gasteiger partial charge in [-0.25, -0.2) is 4.98 Å². The van der Waals surface area contributed by atoms with E-state index in [4.69, 9.17) is 0 Å². The molecule has 1 amide bonds. The Labute approximate surface area is 103 Å². The zero-order valence-electron chi connectivity index (χ0n) is 8.95. The van der Waals surface area contributed by atoms with Crippen molar-refractivity contribution in [3.63, 3.8) is 0 Å². The summed E-state index contributed by atoms with van der Waals surface area (Å²) in [6, 6.07) is 3.87. The monoisotopic (exact) mass is 280 g/mol. The summed E-state index contributed by atoms with van der Waals surface area (Å²) in [5, 5.41) is 0. The van der Waals surface area contributed by atoms with Crippen LogP contribution in [-0.2, 0) is 4.79 Å². The molecule has 84 valence electrons. The number of rotatable bonds is 1. The summed E-state index contributed by atoms with van der Waals surface area (Å²) in [7, 11) is 0. The van der Waals surface area contributed by atoms with Gasteiger partial charge in [-0.15, -0.1) is 0 Å². The van der Waals surface area contributed by atoms with Gasteiger partial charge in [-0.1, -0.05) is 0 Å². The molecule has 3 rings (SSSR count). The fourth-order valence-electron chi connectivity index (χ4n) is 2.55. The molecule has 0 atom stereocenters. The van der Waals surface area contributed by atoms with Crippen LogP contribution in [0.25, 0.3) is 0 Å². The summed E-state index contributed by atoms with van der Waals surface area (Å²) in [6.07, 6.45) is 6.86. The number of pyridine rings is 1. The molecule has 1 saturated heterocycles. The summed E-state index contributed by atoms with van der Waals surface area (Å²) < 4.78 is 0.950. The fraction of sp³-hybridized carbons (Fsp3) is 0.500. The third kappa shape index (κ3) is 1.56. The fourth-order valence-corrected chi connectivity index (χ4v) is 2.78. The van der Waals surface area contributed by atoms with Gasteiger partial charge in [-0.3, -0.25) is 9.69 Å². The number of hydrogen-bond acceptors (Lipinski definition) is 2. The van der Waals surface area contributed by atoms with Crippen LogP contribution in [-0.4, -0.2) is 16.4 Å². The van der Waals surface area contributed by atoms with Crippen molar-refractivity contribution >= 4 is 27.7 Å². The van der Waals surface area contributed by atoms with Gasteiger partial charge in [-0.05, 0) is 53.7 Å². The normalized spacial score (nSPS) is 22.6. The van der Waals surface area contributed by atoms with Crippen molar-refractivity contribution < 1.29 is 4.79 Å². The van der Waals surface area contributed by atoms with Crippen LogP contribution in [0.3, 0.4) is 0 Å². The Morgan fingerprint density at radius 1 is 1.31 bits per heavy atom. The predicted molar refractivity (Wildman–Crippen MR) is 65.2 cm³/mol. The molecule has 2 heterocycles. The molecule has 0 bridgehead atoms. The SMILES string of the molecule is O=C1CCCC2(CC2)N1c1ccc(Br)cn1. The van der Waals surface area contributed by atoms with E-state index in [1.807, 2.05) is 17.0 Å². The number of amides is 1. The number of halogens is 1. The van der Waals surface area contributed by atoms with Crippen molar-refractivity contribution in [2.24, 2.45) is 0 Å². The van der Waals surface area contributed by atoms with Crippen LogP contribution in [0.15, 0.2) is 22.8 Å². The Morgan fingerprint density at radius 3 is 2.75 bits per heavy atom. The van der Waals surface area contributed by atoms with E-state index in [0.717, 1.165) is 36.0 Å². The quantitative estimate of drug-likeness (QED) is 0.793. The lowest BCUT2D eigenvalue weighted by Gasteiger charge is -2.35. The second-order valence-electron chi connectivity index (χ2n) is 4.64. The van der Waals surface area contributed by atoms with Crippen molar-refractivity contribution in [3.8, 4) is 0 Å². The minimum absolute atomic E-state index is 0.121. The van der Waals surface area contributed by atoms with Crippen LogP contribution >= 0.6 is 15.9 Å². The van der Waals surface area contributed by atoms with Gasteiger partial charge >= 0.3 is 0 Å². The minimum atomic E-state index is 0.121. The molecule has 3 nitrogen and oxygen atoms in total. The average Bonchev–Trinajstić information content (AvgIpc) is 3.01. The molecule has 0 radical (unpaired) electrons. The van der Waals surface area contributed by atoms with Crippen LogP contribution in [0.1, 0.15) is 32.1 Å². The van der Waals surface area contributed by atoms with Crippen LogP contribution in [0.5, 0.6) is 0 Å². The van der Waals surface area contributed by atoms with Crippen molar-refractivity contribution in [1.82, 2.24) is 4.98 Å². The van der Waals surface area contributed by atoms with Crippen LogP contribution in [0, 0.1) is 0 Å². The summed E-state index contributed by atoms with van der Waals surface area (Å²) >= 11 is 3.36. The molecule has 1 saturated carbocycles. The van der Waals surface area contributed by atoms with E-state index >= 15 is 0 Å². The molecule has 2 fully saturated rings. The number of hydrogen-bond donors (Lipinski definition) is 0. The molecule has 4 heteroatoms. The van der Waals surface area contributed by atoms with Crippen molar-refractivity contribution in [3.05, 3.63) is 22.8 Å². The second-order valence-corrected chi connectivity index (χ2v) is 5.56. The Balaban J connectivity index is 1.97. The van der Waals surface area contributed by atoms with Gasteiger partial charge < -0.3 is 0 Å². The first-order valence-electron chi connectivity index (χ1n) is 5.66. The molecular weight excluding hydrogens is 268 g/mol. The maximum Gasteiger partial charge on any atom is 0.228 e. The van der Waals surface area contributed by atoms with E-state index in [1.54, 1.807) is 6.20 Å². The molecule has 16 heavy (non-hydrogen) atoms. The van der Waals surface area contributed by atoms with Gasteiger partial charge in [0.05, 0.1) is 0 Å². The molecule has 1 aliphatic heterocycles. The summed E-state index contributed by atoms with van der Waals surface area (Å²) in [5.74, 6) is 1.05. The van der Waals surface area contributed by atoms with E-state index in [1.165, 1.54) is 0 Å². The van der Waals surface area contributed by atoms with Gasteiger partial charge in [0.25, 0.3) is 0 Å². The van der Waals surface area contributed by atoms with E-state index < -0.39 is 0 Å². The molecule has 2 aliphatic rings.